The normalized spacial score (nSPS) is 13.5. The zero-order chi connectivity index (χ0) is 19.9. The number of anilines is 2. The summed E-state index contributed by atoms with van der Waals surface area (Å²) in [5.41, 5.74) is 1.12. The van der Waals surface area contributed by atoms with Crippen LogP contribution >= 0.6 is 0 Å². The minimum Gasteiger partial charge on any atom is -0.460 e. The van der Waals surface area contributed by atoms with Gasteiger partial charge in [0, 0.05) is 0 Å². The molecule has 0 spiro atoms. The minimum absolute atomic E-state index is 0.0649. The Morgan fingerprint density at radius 3 is 1.39 bits per heavy atom. The van der Waals surface area contributed by atoms with E-state index in [4.69, 9.17) is 9.47 Å². The molecule has 1 heterocycles. The summed E-state index contributed by atoms with van der Waals surface area (Å²) in [7, 11) is 0. The molecule has 0 amide bonds. The first-order valence-corrected chi connectivity index (χ1v) is 8.87. The lowest BCUT2D eigenvalue weighted by Crippen LogP contribution is -2.47. The third kappa shape index (κ3) is 4.01. The van der Waals surface area contributed by atoms with Crippen molar-refractivity contribution >= 4 is 35.0 Å². The number of rotatable bonds is 6. The highest BCUT2D eigenvalue weighted by Crippen LogP contribution is 2.24. The lowest BCUT2D eigenvalue weighted by atomic mass is 10.3. The molecular formula is C20H20N4O4. The molecule has 0 aromatic heterocycles. The summed E-state index contributed by atoms with van der Waals surface area (Å²) in [6.07, 6.45) is 0. The summed E-state index contributed by atoms with van der Waals surface area (Å²) in [5.74, 6) is -1.44. The monoisotopic (exact) mass is 380 g/mol. The Labute approximate surface area is 162 Å². The van der Waals surface area contributed by atoms with E-state index in [9.17, 15) is 9.59 Å². The van der Waals surface area contributed by atoms with Crippen molar-refractivity contribution in [1.82, 2.24) is 0 Å². The molecule has 0 saturated carbocycles. The summed E-state index contributed by atoms with van der Waals surface area (Å²) in [4.78, 5) is 25.1. The van der Waals surface area contributed by atoms with Crippen LogP contribution in [0.5, 0.6) is 0 Å². The first-order valence-electron chi connectivity index (χ1n) is 8.87. The fourth-order valence-electron chi connectivity index (χ4n) is 2.51. The van der Waals surface area contributed by atoms with E-state index in [-0.39, 0.29) is 24.9 Å². The maximum absolute atomic E-state index is 12.6. The average molecular weight is 380 g/mol. The van der Waals surface area contributed by atoms with Crippen LogP contribution < -0.4 is 10.0 Å². The number of hydrogen-bond acceptors (Lipinski definition) is 8. The molecule has 1 aliphatic rings. The summed E-state index contributed by atoms with van der Waals surface area (Å²) in [6.45, 7) is 3.77. The van der Waals surface area contributed by atoms with Gasteiger partial charge in [-0.3, -0.25) is 0 Å². The molecule has 0 bridgehead atoms. The van der Waals surface area contributed by atoms with Crippen molar-refractivity contribution in [2.75, 3.05) is 23.2 Å². The van der Waals surface area contributed by atoms with Gasteiger partial charge in [0.05, 0.1) is 24.6 Å². The lowest BCUT2D eigenvalue weighted by molar-refractivity contribution is -0.136. The number of benzene rings is 2. The Balaban J connectivity index is 2.12. The number of carbonyl (C=O) groups excluding carboxylic acids is 2. The number of hydrogen-bond donors (Lipinski definition) is 0. The van der Waals surface area contributed by atoms with Crippen LogP contribution in [0.25, 0.3) is 0 Å². The molecule has 1 aliphatic heterocycles. The molecule has 28 heavy (non-hydrogen) atoms. The average Bonchev–Trinajstić information content (AvgIpc) is 2.74. The van der Waals surface area contributed by atoms with E-state index in [2.05, 4.69) is 10.2 Å². The van der Waals surface area contributed by atoms with Crippen LogP contribution in [0.2, 0.25) is 0 Å². The number of ether oxygens (including phenoxy) is 2. The van der Waals surface area contributed by atoms with Crippen molar-refractivity contribution in [3.8, 4) is 0 Å². The maximum Gasteiger partial charge on any atom is 0.378 e. The van der Waals surface area contributed by atoms with E-state index in [1.165, 1.54) is 10.0 Å². The van der Waals surface area contributed by atoms with E-state index in [0.29, 0.717) is 11.4 Å². The zero-order valence-electron chi connectivity index (χ0n) is 15.6. The highest BCUT2D eigenvalue weighted by Gasteiger charge is 2.34. The molecule has 0 unspecified atom stereocenters. The molecule has 3 rings (SSSR count). The van der Waals surface area contributed by atoms with Crippen LogP contribution in [0.4, 0.5) is 11.4 Å². The van der Waals surface area contributed by atoms with Crippen LogP contribution in [0.15, 0.2) is 70.9 Å². The van der Waals surface area contributed by atoms with Gasteiger partial charge >= 0.3 is 11.9 Å². The summed E-state index contributed by atoms with van der Waals surface area (Å²) in [5, 5.41) is 11.3. The predicted molar refractivity (Wildman–Crippen MR) is 106 cm³/mol. The van der Waals surface area contributed by atoms with Crippen molar-refractivity contribution in [1.29, 1.82) is 0 Å². The van der Waals surface area contributed by atoms with Gasteiger partial charge < -0.3 is 9.47 Å². The molecule has 8 heteroatoms. The van der Waals surface area contributed by atoms with Crippen LogP contribution in [0.1, 0.15) is 13.8 Å². The number of hydrazone groups is 2. The first kappa shape index (κ1) is 19.1. The van der Waals surface area contributed by atoms with Crippen LogP contribution in [0.3, 0.4) is 0 Å². The second-order valence-electron chi connectivity index (χ2n) is 5.58. The van der Waals surface area contributed by atoms with Crippen molar-refractivity contribution < 1.29 is 19.1 Å². The molecule has 0 atom stereocenters. The smallest absolute Gasteiger partial charge is 0.378 e. The Bertz CT molecular complexity index is 821. The van der Waals surface area contributed by atoms with Gasteiger partial charge in [-0.1, -0.05) is 36.4 Å². The maximum atomic E-state index is 12.6. The molecule has 0 radical (unpaired) electrons. The Kier molecular flexibility index (Phi) is 6.01. The van der Waals surface area contributed by atoms with Crippen LogP contribution in [0, 0.1) is 0 Å². The second kappa shape index (κ2) is 8.81. The highest BCUT2D eigenvalue weighted by atomic mass is 16.5. The lowest BCUT2D eigenvalue weighted by Gasteiger charge is -2.30. The summed E-state index contributed by atoms with van der Waals surface area (Å²) < 4.78 is 10.3. The van der Waals surface area contributed by atoms with E-state index in [0.717, 1.165) is 0 Å². The zero-order valence-corrected chi connectivity index (χ0v) is 15.6. The first-order chi connectivity index (χ1) is 13.7. The number of nitrogens with zero attached hydrogens (tertiary/aromatic N) is 4. The van der Waals surface area contributed by atoms with E-state index in [1.54, 1.807) is 62.4 Å². The van der Waals surface area contributed by atoms with Gasteiger partial charge in [0.15, 0.2) is 0 Å². The molecule has 0 saturated heterocycles. The Morgan fingerprint density at radius 2 is 1.07 bits per heavy atom. The molecule has 2 aromatic carbocycles. The van der Waals surface area contributed by atoms with Gasteiger partial charge in [-0.25, -0.2) is 19.6 Å². The second-order valence-corrected chi connectivity index (χ2v) is 5.58. The molecule has 0 aliphatic carbocycles. The van der Waals surface area contributed by atoms with E-state index < -0.39 is 11.9 Å². The summed E-state index contributed by atoms with van der Waals surface area (Å²) in [6, 6.07) is 17.8. The fourth-order valence-corrected chi connectivity index (χ4v) is 2.51. The van der Waals surface area contributed by atoms with E-state index >= 15 is 0 Å². The highest BCUT2D eigenvalue weighted by molar-refractivity contribution is 6.47. The molecule has 8 nitrogen and oxygen atoms in total. The molecule has 2 aromatic rings. The van der Waals surface area contributed by atoms with Gasteiger partial charge in [0.2, 0.25) is 0 Å². The molecular weight excluding hydrogens is 360 g/mol. The third-order valence-corrected chi connectivity index (χ3v) is 3.71. The van der Waals surface area contributed by atoms with Gasteiger partial charge in [-0.2, -0.15) is 0 Å². The van der Waals surface area contributed by atoms with Crippen molar-refractivity contribution in [2.24, 2.45) is 10.2 Å². The van der Waals surface area contributed by atoms with Crippen molar-refractivity contribution in [3.63, 3.8) is 0 Å². The number of carbonyl (C=O) groups is 2. The van der Waals surface area contributed by atoms with Crippen LogP contribution in [-0.4, -0.2) is 36.8 Å². The number of para-hydroxylation sites is 2. The van der Waals surface area contributed by atoms with E-state index in [1.807, 2.05) is 12.1 Å². The molecule has 0 N–H and O–H groups in total. The number of amidine groups is 2. The Morgan fingerprint density at radius 1 is 0.714 bits per heavy atom. The predicted octanol–water partition coefficient (Wildman–Crippen LogP) is 2.77. The number of esters is 2. The van der Waals surface area contributed by atoms with Gasteiger partial charge in [-0.15, -0.1) is 10.2 Å². The van der Waals surface area contributed by atoms with Gasteiger partial charge in [-0.05, 0) is 38.1 Å². The fraction of sp³-hybridized carbons (Fsp3) is 0.200. The Hall–Kier alpha value is -3.68. The van der Waals surface area contributed by atoms with Gasteiger partial charge in [0.1, 0.15) is 0 Å². The SMILES string of the molecule is CCOC(=O)C1=NN(c2ccccc2)C(C(=O)OCC)=NN1c1ccccc1. The van der Waals surface area contributed by atoms with Crippen LogP contribution in [-0.2, 0) is 19.1 Å². The molecule has 0 fully saturated rings. The van der Waals surface area contributed by atoms with Crippen molar-refractivity contribution in [2.45, 2.75) is 13.8 Å². The minimum atomic E-state index is -0.654. The van der Waals surface area contributed by atoms with Crippen molar-refractivity contribution in [3.05, 3.63) is 60.7 Å². The quantitative estimate of drug-likeness (QED) is 0.717. The van der Waals surface area contributed by atoms with Gasteiger partial charge in [0.25, 0.3) is 11.7 Å². The molecule has 144 valence electrons. The topological polar surface area (TPSA) is 83.8 Å². The largest absolute Gasteiger partial charge is 0.460 e. The third-order valence-electron chi connectivity index (χ3n) is 3.71. The standard InChI is InChI=1S/C20H20N4O4/c1-3-27-19(25)17-21-24(16-13-9-6-10-14-16)18(20(26)28-4-2)22-23(17)15-11-7-5-8-12-15/h5-14H,3-4H2,1-2H3. The summed E-state index contributed by atoms with van der Waals surface area (Å²) >= 11 is 0.